The number of hydrogen-bond acceptors (Lipinski definition) is 6. The number of amides is 2. The van der Waals surface area contributed by atoms with Crippen LogP contribution < -0.4 is 0 Å². The van der Waals surface area contributed by atoms with E-state index in [4.69, 9.17) is 4.74 Å². The second kappa shape index (κ2) is 10.5. The van der Waals surface area contributed by atoms with Gasteiger partial charge in [-0.25, -0.2) is 0 Å². The van der Waals surface area contributed by atoms with E-state index in [1.165, 1.54) is 6.08 Å². The molecule has 3 fully saturated rings. The van der Waals surface area contributed by atoms with Crippen molar-refractivity contribution >= 4 is 29.5 Å². The van der Waals surface area contributed by atoms with Crippen LogP contribution in [0.5, 0.6) is 0 Å². The lowest BCUT2D eigenvalue weighted by Crippen LogP contribution is -2.60. The molecule has 38 heavy (non-hydrogen) atoms. The lowest BCUT2D eigenvalue weighted by atomic mass is 9.66. The molecule has 4 rings (SSSR count). The Bertz CT molecular complexity index is 1100. The molecule has 206 valence electrons. The summed E-state index contributed by atoms with van der Waals surface area (Å²) < 4.78 is 4.21. The molecule has 8 heteroatoms. The third kappa shape index (κ3) is 4.60. The largest absolute Gasteiger partial charge is 0.461 e. The van der Waals surface area contributed by atoms with E-state index in [2.05, 4.69) is 13.2 Å². The van der Waals surface area contributed by atoms with E-state index in [9.17, 15) is 19.5 Å². The first kappa shape index (κ1) is 28.4. The van der Waals surface area contributed by atoms with Crippen LogP contribution in [0.3, 0.4) is 0 Å². The number of carbonyl (C=O) groups excluding carboxylic acids is 3. The van der Waals surface area contributed by atoms with Gasteiger partial charge in [-0.15, -0.1) is 18.3 Å². The van der Waals surface area contributed by atoms with Crippen molar-refractivity contribution in [2.75, 3.05) is 19.8 Å². The second-order valence-electron chi connectivity index (χ2n) is 11.8. The highest BCUT2D eigenvalue weighted by molar-refractivity contribution is 8.02. The average Bonchev–Trinajstić information content (AvgIpc) is 3.44. The fourth-order valence-corrected chi connectivity index (χ4v) is 9.06. The van der Waals surface area contributed by atoms with Gasteiger partial charge in [0, 0.05) is 16.8 Å². The molecule has 6 atom stereocenters. The number of carbonyl (C=O) groups is 3. The van der Waals surface area contributed by atoms with E-state index in [1.54, 1.807) is 27.6 Å². The molecule has 0 aromatic heterocycles. The summed E-state index contributed by atoms with van der Waals surface area (Å²) in [5.74, 6) is -2.21. The van der Waals surface area contributed by atoms with Crippen LogP contribution in [0.25, 0.3) is 0 Å². The van der Waals surface area contributed by atoms with Crippen molar-refractivity contribution in [2.45, 2.75) is 74.1 Å². The first-order chi connectivity index (χ1) is 17.9. The summed E-state index contributed by atoms with van der Waals surface area (Å²) in [6.45, 7) is 15.5. The van der Waals surface area contributed by atoms with Crippen molar-refractivity contribution in [3.63, 3.8) is 0 Å². The second-order valence-corrected chi connectivity index (χ2v) is 13.7. The molecule has 0 radical (unpaired) electrons. The van der Waals surface area contributed by atoms with E-state index < -0.39 is 44.9 Å². The quantitative estimate of drug-likeness (QED) is 0.360. The van der Waals surface area contributed by atoms with Gasteiger partial charge in [0.1, 0.15) is 12.6 Å². The molecule has 3 aliphatic rings. The highest BCUT2D eigenvalue weighted by Crippen LogP contribution is 2.72. The molecule has 3 aliphatic heterocycles. The maximum atomic E-state index is 14.5. The lowest BCUT2D eigenvalue weighted by Gasteiger charge is -2.43. The number of hydrogen-bond donors (Lipinski definition) is 1. The molecular formula is C30H40N2O5S. The minimum absolute atomic E-state index is 0.0699. The summed E-state index contributed by atoms with van der Waals surface area (Å²) in [5.41, 5.74) is 0.445. The van der Waals surface area contributed by atoms with Crippen LogP contribution in [0, 0.1) is 11.8 Å². The molecule has 7 nitrogen and oxygen atoms in total. The van der Waals surface area contributed by atoms with Crippen LogP contribution in [-0.2, 0) is 25.5 Å². The van der Waals surface area contributed by atoms with E-state index in [1.807, 2.05) is 58.0 Å². The van der Waals surface area contributed by atoms with Gasteiger partial charge in [0.2, 0.25) is 11.8 Å². The number of thioether (sulfide) groups is 1. The van der Waals surface area contributed by atoms with Gasteiger partial charge in [-0.2, -0.15) is 0 Å². The minimum Gasteiger partial charge on any atom is -0.461 e. The lowest BCUT2D eigenvalue weighted by molar-refractivity contribution is -0.155. The van der Waals surface area contributed by atoms with Gasteiger partial charge >= 0.3 is 5.97 Å². The van der Waals surface area contributed by atoms with Crippen molar-refractivity contribution in [2.24, 2.45) is 11.8 Å². The number of esters is 1. The Morgan fingerprint density at radius 3 is 2.50 bits per heavy atom. The molecule has 2 unspecified atom stereocenters. The Balaban J connectivity index is 1.83. The number of aliphatic hydroxyl groups is 1. The molecule has 3 saturated heterocycles. The van der Waals surface area contributed by atoms with Gasteiger partial charge in [0.25, 0.3) is 0 Å². The summed E-state index contributed by atoms with van der Waals surface area (Å²) >= 11 is 1.60. The number of rotatable bonds is 10. The molecule has 3 heterocycles. The van der Waals surface area contributed by atoms with Crippen LogP contribution >= 0.6 is 11.8 Å². The van der Waals surface area contributed by atoms with Crippen LogP contribution in [-0.4, -0.2) is 79.6 Å². The summed E-state index contributed by atoms with van der Waals surface area (Å²) in [4.78, 5) is 45.7. The standard InChI is InChI=1S/C30H40N2O5S/c1-7-16-31(28(3,4)5)26(35)24-30-15-14-29(6,38-30)23(27(36)37-17-8-2)22(30)25(34)32(24)21(19-33)18-20-12-10-9-11-13-20/h7-13,21-24,33H,1-2,14-19H2,3-6H3/t21-,22+,23-,24?,29+,30?/m1/s1. The Labute approximate surface area is 230 Å². The maximum absolute atomic E-state index is 14.5. The van der Waals surface area contributed by atoms with Gasteiger partial charge < -0.3 is 19.6 Å². The van der Waals surface area contributed by atoms with Gasteiger partial charge in [0.05, 0.1) is 29.2 Å². The SMILES string of the molecule is C=CCOC(=O)[C@H]1[C@H]2C(=O)N([C@@H](CO)Cc3ccccc3)C(C(=O)N(CC=C)C(C)(C)C)C23CC[C@]1(C)S3. The van der Waals surface area contributed by atoms with Gasteiger partial charge in [-0.1, -0.05) is 49.1 Å². The van der Waals surface area contributed by atoms with Crippen molar-refractivity contribution in [1.82, 2.24) is 9.80 Å². The third-order valence-electron chi connectivity index (χ3n) is 8.35. The van der Waals surface area contributed by atoms with E-state index in [0.29, 0.717) is 25.8 Å². The molecule has 1 spiro atoms. The molecule has 2 amide bonds. The Kier molecular flexibility index (Phi) is 7.88. The monoisotopic (exact) mass is 540 g/mol. The first-order valence-corrected chi connectivity index (χ1v) is 14.1. The number of benzene rings is 1. The number of fused-ring (bicyclic) bond motifs is 1. The fourth-order valence-electron chi connectivity index (χ4n) is 6.73. The van der Waals surface area contributed by atoms with E-state index in [0.717, 1.165) is 5.56 Å². The summed E-state index contributed by atoms with van der Waals surface area (Å²) in [6, 6.07) is 8.23. The molecule has 1 aromatic carbocycles. The van der Waals surface area contributed by atoms with Gasteiger partial charge in [-0.05, 0) is 52.5 Å². The van der Waals surface area contributed by atoms with Crippen molar-refractivity contribution in [3.8, 4) is 0 Å². The Hall–Kier alpha value is -2.58. The Morgan fingerprint density at radius 2 is 1.92 bits per heavy atom. The average molecular weight is 541 g/mol. The normalized spacial score (nSPS) is 30.6. The highest BCUT2D eigenvalue weighted by atomic mass is 32.2. The topological polar surface area (TPSA) is 87.1 Å². The summed E-state index contributed by atoms with van der Waals surface area (Å²) in [7, 11) is 0. The first-order valence-electron chi connectivity index (χ1n) is 13.3. The van der Waals surface area contributed by atoms with Crippen LogP contribution in [0.15, 0.2) is 55.6 Å². The van der Waals surface area contributed by atoms with Gasteiger partial charge in [-0.3, -0.25) is 14.4 Å². The molecular weight excluding hydrogens is 500 g/mol. The third-order valence-corrected chi connectivity index (χ3v) is 10.3. The van der Waals surface area contributed by atoms with Gasteiger partial charge in [0.15, 0.2) is 0 Å². The smallest absolute Gasteiger partial charge is 0.311 e. The van der Waals surface area contributed by atoms with Crippen molar-refractivity contribution < 1.29 is 24.2 Å². The molecule has 0 saturated carbocycles. The number of ether oxygens (including phenoxy) is 1. The van der Waals surface area contributed by atoms with Crippen LogP contribution in [0.4, 0.5) is 0 Å². The number of nitrogens with zero attached hydrogens (tertiary/aromatic N) is 2. The maximum Gasteiger partial charge on any atom is 0.311 e. The molecule has 1 aromatic rings. The predicted molar refractivity (Wildman–Crippen MR) is 149 cm³/mol. The van der Waals surface area contributed by atoms with Crippen LogP contribution in [0.1, 0.15) is 46.1 Å². The minimum atomic E-state index is -0.816. The Morgan fingerprint density at radius 1 is 1.24 bits per heavy atom. The molecule has 2 bridgehead atoms. The van der Waals surface area contributed by atoms with E-state index in [-0.39, 0.29) is 25.0 Å². The zero-order valence-electron chi connectivity index (χ0n) is 22.9. The number of likely N-dealkylation sites (tertiary alicyclic amines) is 1. The van der Waals surface area contributed by atoms with Crippen molar-refractivity contribution in [3.05, 3.63) is 61.2 Å². The highest BCUT2D eigenvalue weighted by Gasteiger charge is 2.78. The molecule has 1 N–H and O–H groups in total. The summed E-state index contributed by atoms with van der Waals surface area (Å²) in [6.07, 6.45) is 4.96. The predicted octanol–water partition coefficient (Wildman–Crippen LogP) is 3.61. The zero-order chi connectivity index (χ0) is 27.9. The fraction of sp³-hybridized carbons (Fsp3) is 0.567. The summed E-state index contributed by atoms with van der Waals surface area (Å²) in [5, 5.41) is 10.6. The van der Waals surface area contributed by atoms with E-state index >= 15 is 0 Å². The van der Waals surface area contributed by atoms with Crippen LogP contribution in [0.2, 0.25) is 0 Å². The number of aliphatic hydroxyl groups excluding tert-OH is 1. The van der Waals surface area contributed by atoms with Crippen molar-refractivity contribution in [1.29, 1.82) is 0 Å². The zero-order valence-corrected chi connectivity index (χ0v) is 23.7. The molecule has 0 aliphatic carbocycles.